The van der Waals surface area contributed by atoms with Crippen molar-refractivity contribution in [3.05, 3.63) is 17.9 Å². The summed E-state index contributed by atoms with van der Waals surface area (Å²) in [6.07, 6.45) is 1.46. The smallest absolute Gasteiger partial charge is 0.473 e. The highest BCUT2D eigenvalue weighted by atomic mass is 16.4. The second-order valence-electron chi connectivity index (χ2n) is 2.77. The van der Waals surface area contributed by atoms with Crippen molar-refractivity contribution in [3.8, 4) is 0 Å². The van der Waals surface area contributed by atoms with Crippen LogP contribution in [0.3, 0.4) is 0 Å². The molecule has 0 aliphatic rings. The van der Waals surface area contributed by atoms with Gasteiger partial charge in [-0.1, -0.05) is 13.8 Å². The monoisotopic (exact) mass is 154 g/mol. The Morgan fingerprint density at radius 2 is 2.09 bits per heavy atom. The van der Waals surface area contributed by atoms with Crippen LogP contribution >= 0.6 is 0 Å². The van der Waals surface area contributed by atoms with Crippen LogP contribution in [0.1, 0.15) is 25.3 Å². The lowest BCUT2D eigenvalue weighted by atomic mass is 9.82. The fraction of sp³-hybridized carbons (Fsp3) is 0.429. The summed E-state index contributed by atoms with van der Waals surface area (Å²) in [4.78, 5) is 0. The van der Waals surface area contributed by atoms with E-state index in [2.05, 4.69) is 0 Å². The lowest BCUT2D eigenvalue weighted by Gasteiger charge is -2.03. The second kappa shape index (κ2) is 3.11. The number of rotatable bonds is 2. The van der Waals surface area contributed by atoms with E-state index in [9.17, 15) is 0 Å². The van der Waals surface area contributed by atoms with Gasteiger partial charge in [-0.3, -0.25) is 0 Å². The maximum atomic E-state index is 8.80. The van der Waals surface area contributed by atoms with Crippen LogP contribution in [0, 0.1) is 0 Å². The van der Waals surface area contributed by atoms with E-state index in [1.165, 1.54) is 6.26 Å². The lowest BCUT2D eigenvalue weighted by Crippen LogP contribution is -2.31. The molecule has 0 aromatic carbocycles. The van der Waals surface area contributed by atoms with Gasteiger partial charge in [-0.15, -0.1) is 0 Å². The first-order valence-corrected chi connectivity index (χ1v) is 3.56. The van der Waals surface area contributed by atoms with Crippen LogP contribution in [0.4, 0.5) is 0 Å². The van der Waals surface area contributed by atoms with Gasteiger partial charge in [-0.2, -0.15) is 0 Å². The Morgan fingerprint density at radius 3 is 2.45 bits per heavy atom. The topological polar surface area (TPSA) is 53.6 Å². The molecular formula is C7H11BO3. The summed E-state index contributed by atoms with van der Waals surface area (Å²) in [5, 5.41) is 17.6. The molecule has 0 amide bonds. The van der Waals surface area contributed by atoms with Crippen LogP contribution in [0.5, 0.6) is 0 Å². The zero-order valence-corrected chi connectivity index (χ0v) is 6.61. The minimum atomic E-state index is -1.50. The van der Waals surface area contributed by atoms with Gasteiger partial charge in [-0.25, -0.2) is 0 Å². The molecule has 0 atom stereocenters. The van der Waals surface area contributed by atoms with Gasteiger partial charge in [0.1, 0.15) is 5.66 Å². The molecule has 2 N–H and O–H groups in total. The van der Waals surface area contributed by atoms with E-state index in [4.69, 9.17) is 14.5 Å². The van der Waals surface area contributed by atoms with Crippen molar-refractivity contribution in [3.63, 3.8) is 0 Å². The van der Waals surface area contributed by atoms with E-state index < -0.39 is 7.12 Å². The Morgan fingerprint density at radius 1 is 1.45 bits per heavy atom. The summed E-state index contributed by atoms with van der Waals surface area (Å²) in [5.74, 6) is 0.255. The first-order chi connectivity index (χ1) is 5.13. The molecule has 0 bridgehead atoms. The molecular weight excluding hydrogens is 143 g/mol. The number of furan rings is 1. The Bertz CT molecular complexity index is 207. The van der Waals surface area contributed by atoms with E-state index in [1.54, 1.807) is 6.07 Å². The molecule has 11 heavy (non-hydrogen) atoms. The fourth-order valence-corrected chi connectivity index (χ4v) is 1.02. The predicted octanol–water partition coefficient (Wildman–Crippen LogP) is 0.0828. The van der Waals surface area contributed by atoms with Crippen molar-refractivity contribution >= 4 is 12.8 Å². The van der Waals surface area contributed by atoms with E-state index >= 15 is 0 Å². The van der Waals surface area contributed by atoms with Crippen LogP contribution in [0.25, 0.3) is 0 Å². The maximum absolute atomic E-state index is 8.80. The normalized spacial score (nSPS) is 10.6. The SMILES string of the molecule is CC(C)c1ccoc1B(O)O. The largest absolute Gasteiger partial charge is 0.526 e. The van der Waals surface area contributed by atoms with Crippen molar-refractivity contribution < 1.29 is 14.5 Å². The first kappa shape index (κ1) is 8.36. The minimum Gasteiger partial charge on any atom is -0.473 e. The molecule has 0 unspecified atom stereocenters. The number of hydrogen-bond donors (Lipinski definition) is 2. The molecule has 0 aliphatic carbocycles. The van der Waals surface area contributed by atoms with Crippen molar-refractivity contribution in [2.24, 2.45) is 0 Å². The second-order valence-corrected chi connectivity index (χ2v) is 2.77. The van der Waals surface area contributed by atoms with Crippen LogP contribution in [0.2, 0.25) is 0 Å². The third-order valence-corrected chi connectivity index (χ3v) is 1.58. The predicted molar refractivity (Wildman–Crippen MR) is 42.6 cm³/mol. The maximum Gasteiger partial charge on any atom is 0.526 e. The van der Waals surface area contributed by atoms with Crippen LogP contribution < -0.4 is 5.66 Å². The standard InChI is InChI=1S/C7H11BO3/c1-5(2)6-3-4-11-7(6)8(9)10/h3-5,9-10H,1-2H3. The van der Waals surface area contributed by atoms with Crippen LogP contribution in [-0.2, 0) is 0 Å². The molecule has 60 valence electrons. The molecule has 3 nitrogen and oxygen atoms in total. The first-order valence-electron chi connectivity index (χ1n) is 3.56. The van der Waals surface area contributed by atoms with Gasteiger partial charge < -0.3 is 14.5 Å². The average Bonchev–Trinajstić information content (AvgIpc) is 2.32. The van der Waals surface area contributed by atoms with Crippen molar-refractivity contribution in [1.82, 2.24) is 0 Å². The molecule has 0 radical (unpaired) electrons. The highest BCUT2D eigenvalue weighted by molar-refractivity contribution is 6.57. The molecule has 1 rings (SSSR count). The molecule has 0 fully saturated rings. The van der Waals surface area contributed by atoms with Crippen molar-refractivity contribution in [1.29, 1.82) is 0 Å². The third kappa shape index (κ3) is 1.64. The van der Waals surface area contributed by atoms with E-state index in [0.29, 0.717) is 0 Å². The third-order valence-electron chi connectivity index (χ3n) is 1.58. The molecule has 1 aromatic rings. The van der Waals surface area contributed by atoms with E-state index in [0.717, 1.165) is 5.56 Å². The van der Waals surface area contributed by atoms with Gasteiger partial charge in [0.15, 0.2) is 0 Å². The summed E-state index contributed by atoms with van der Waals surface area (Å²) < 4.78 is 4.89. The molecule has 0 aliphatic heterocycles. The molecule has 0 spiro atoms. The summed E-state index contributed by atoms with van der Waals surface area (Å²) in [5.41, 5.74) is 1.10. The Labute approximate surface area is 65.8 Å². The number of hydrogen-bond acceptors (Lipinski definition) is 3. The summed E-state index contributed by atoms with van der Waals surface area (Å²) in [6, 6.07) is 1.75. The molecule has 0 saturated heterocycles. The summed E-state index contributed by atoms with van der Waals surface area (Å²) >= 11 is 0. The Kier molecular flexibility index (Phi) is 2.36. The van der Waals surface area contributed by atoms with Crippen LogP contribution in [-0.4, -0.2) is 17.2 Å². The van der Waals surface area contributed by atoms with Gasteiger partial charge in [0.05, 0.1) is 6.26 Å². The Hall–Kier alpha value is -0.735. The van der Waals surface area contributed by atoms with Gasteiger partial charge in [-0.05, 0) is 17.5 Å². The van der Waals surface area contributed by atoms with E-state index in [-0.39, 0.29) is 11.6 Å². The highest BCUT2D eigenvalue weighted by Crippen LogP contribution is 2.11. The lowest BCUT2D eigenvalue weighted by molar-refractivity contribution is 0.408. The van der Waals surface area contributed by atoms with Crippen LogP contribution in [0.15, 0.2) is 16.7 Å². The highest BCUT2D eigenvalue weighted by Gasteiger charge is 2.21. The Balaban J connectivity index is 2.96. The fourth-order valence-electron chi connectivity index (χ4n) is 1.02. The van der Waals surface area contributed by atoms with E-state index in [1.807, 2.05) is 13.8 Å². The van der Waals surface area contributed by atoms with Gasteiger partial charge in [0.2, 0.25) is 0 Å². The zero-order valence-electron chi connectivity index (χ0n) is 6.61. The molecule has 1 aromatic heterocycles. The molecule has 1 heterocycles. The average molecular weight is 154 g/mol. The molecule has 4 heteroatoms. The molecule has 0 saturated carbocycles. The van der Waals surface area contributed by atoms with Gasteiger partial charge in [0.25, 0.3) is 0 Å². The quantitative estimate of drug-likeness (QED) is 0.593. The zero-order chi connectivity index (χ0) is 8.43. The minimum absolute atomic E-state index is 0.250. The summed E-state index contributed by atoms with van der Waals surface area (Å²) in [7, 11) is -1.50. The van der Waals surface area contributed by atoms with Crippen molar-refractivity contribution in [2.75, 3.05) is 0 Å². The summed E-state index contributed by atoms with van der Waals surface area (Å²) in [6.45, 7) is 3.94. The van der Waals surface area contributed by atoms with Gasteiger partial charge in [0, 0.05) is 0 Å². The van der Waals surface area contributed by atoms with Crippen molar-refractivity contribution in [2.45, 2.75) is 19.8 Å². The van der Waals surface area contributed by atoms with Gasteiger partial charge >= 0.3 is 7.12 Å².